The number of hydrogen-bond donors (Lipinski definition) is 1. The molecule has 1 N–H and O–H groups in total. The molecule has 2 aromatic heterocycles. The number of hydrogen-bond acceptors (Lipinski definition) is 5. The van der Waals surface area contributed by atoms with E-state index >= 15 is 0 Å². The predicted octanol–water partition coefficient (Wildman–Crippen LogP) is 2.65. The fourth-order valence-electron chi connectivity index (χ4n) is 3.33. The molecular formula is C20H14ClN5. The van der Waals surface area contributed by atoms with Crippen LogP contribution in [-0.4, -0.2) is 22.2 Å². The molecule has 3 aromatic rings. The number of nitrogens with one attached hydrogen (secondary N) is 1. The van der Waals surface area contributed by atoms with Gasteiger partial charge in [-0.15, -0.1) is 0 Å². The van der Waals surface area contributed by atoms with E-state index in [2.05, 4.69) is 15.3 Å². The molecule has 26 heavy (non-hydrogen) atoms. The van der Waals surface area contributed by atoms with Crippen molar-refractivity contribution >= 4 is 40.0 Å². The zero-order valence-electron chi connectivity index (χ0n) is 13.7. The topological polar surface area (TPSA) is 62.5 Å². The van der Waals surface area contributed by atoms with Crippen LogP contribution in [0.3, 0.4) is 0 Å². The summed E-state index contributed by atoms with van der Waals surface area (Å²) in [7, 11) is 0. The Balaban J connectivity index is 1.66. The molecule has 1 aromatic carbocycles. The Bertz CT molecular complexity index is 1210. The minimum atomic E-state index is -0.0124. The quantitative estimate of drug-likeness (QED) is 0.782. The van der Waals surface area contributed by atoms with Gasteiger partial charge in [0, 0.05) is 52.7 Å². The van der Waals surface area contributed by atoms with Gasteiger partial charge in [0.15, 0.2) is 0 Å². The van der Waals surface area contributed by atoms with Crippen LogP contribution in [0.5, 0.6) is 0 Å². The maximum Gasteiger partial charge on any atom is 0.135 e. The second-order valence-electron chi connectivity index (χ2n) is 6.21. The van der Waals surface area contributed by atoms with E-state index in [-0.39, 0.29) is 6.04 Å². The van der Waals surface area contributed by atoms with Crippen LogP contribution >= 0.6 is 11.6 Å². The molecule has 0 saturated heterocycles. The largest absolute Gasteiger partial charge is 0.365 e. The molecule has 2 aliphatic heterocycles. The number of aliphatic imine (C=N–C) groups is 1. The van der Waals surface area contributed by atoms with E-state index in [1.165, 1.54) is 0 Å². The number of anilines is 1. The van der Waals surface area contributed by atoms with Gasteiger partial charge in [-0.05, 0) is 29.8 Å². The Kier molecular flexibility index (Phi) is 3.53. The van der Waals surface area contributed by atoms with Crippen LogP contribution in [0, 0.1) is 0 Å². The second kappa shape index (κ2) is 6.04. The van der Waals surface area contributed by atoms with Crippen LogP contribution in [-0.2, 0) is 6.54 Å². The van der Waals surface area contributed by atoms with Gasteiger partial charge in [0.25, 0.3) is 0 Å². The molecule has 0 aliphatic carbocycles. The van der Waals surface area contributed by atoms with Crippen LogP contribution in [0.1, 0.15) is 5.56 Å². The molecule has 0 fully saturated rings. The van der Waals surface area contributed by atoms with Crippen molar-refractivity contribution < 1.29 is 0 Å². The van der Waals surface area contributed by atoms with Gasteiger partial charge in [0.2, 0.25) is 0 Å². The highest BCUT2D eigenvalue weighted by atomic mass is 35.5. The first-order valence-electron chi connectivity index (χ1n) is 8.33. The summed E-state index contributed by atoms with van der Waals surface area (Å²) in [4.78, 5) is 18.2. The molecule has 2 aliphatic rings. The van der Waals surface area contributed by atoms with Crippen LogP contribution in [0.25, 0.3) is 16.3 Å². The number of benzene rings is 1. The van der Waals surface area contributed by atoms with Crippen LogP contribution in [0.15, 0.2) is 65.0 Å². The third-order valence-electron chi connectivity index (χ3n) is 4.56. The highest BCUT2D eigenvalue weighted by Gasteiger charge is 2.21. The zero-order chi connectivity index (χ0) is 17.5. The summed E-state index contributed by atoms with van der Waals surface area (Å²) in [5, 5.41) is 7.93. The van der Waals surface area contributed by atoms with E-state index in [1.807, 2.05) is 48.8 Å². The van der Waals surface area contributed by atoms with E-state index in [0.29, 0.717) is 6.54 Å². The van der Waals surface area contributed by atoms with Crippen molar-refractivity contribution in [1.29, 1.82) is 0 Å². The first kappa shape index (κ1) is 15.2. The number of halogens is 1. The predicted molar refractivity (Wildman–Crippen MR) is 104 cm³/mol. The summed E-state index contributed by atoms with van der Waals surface area (Å²) in [6.07, 6.45) is 9.23. The molecule has 5 rings (SSSR count). The first-order chi connectivity index (χ1) is 12.8. The Morgan fingerprint density at radius 2 is 2.12 bits per heavy atom. The van der Waals surface area contributed by atoms with Crippen molar-refractivity contribution in [2.24, 2.45) is 9.98 Å². The number of aromatic nitrogens is 2. The van der Waals surface area contributed by atoms with Crippen LogP contribution in [0.4, 0.5) is 5.82 Å². The lowest BCUT2D eigenvalue weighted by Gasteiger charge is -2.09. The van der Waals surface area contributed by atoms with Crippen LogP contribution in [0.2, 0.25) is 5.02 Å². The highest BCUT2D eigenvalue weighted by molar-refractivity contribution is 6.30. The molecular weight excluding hydrogens is 346 g/mol. The third-order valence-corrected chi connectivity index (χ3v) is 4.79. The van der Waals surface area contributed by atoms with Crippen molar-refractivity contribution in [3.05, 3.63) is 76.3 Å². The number of pyridine rings is 2. The summed E-state index contributed by atoms with van der Waals surface area (Å²) in [5.74, 6) is 0.812. The van der Waals surface area contributed by atoms with Crippen molar-refractivity contribution in [1.82, 2.24) is 9.97 Å². The highest BCUT2D eigenvalue weighted by Crippen LogP contribution is 2.20. The van der Waals surface area contributed by atoms with Gasteiger partial charge >= 0.3 is 0 Å². The molecule has 5 nitrogen and oxygen atoms in total. The van der Waals surface area contributed by atoms with E-state index < -0.39 is 0 Å². The van der Waals surface area contributed by atoms with Crippen molar-refractivity contribution in [3.63, 3.8) is 0 Å². The monoisotopic (exact) mass is 359 g/mol. The van der Waals surface area contributed by atoms with E-state index in [0.717, 1.165) is 43.5 Å². The Morgan fingerprint density at radius 3 is 3.04 bits per heavy atom. The molecule has 1 unspecified atom stereocenters. The molecule has 126 valence electrons. The standard InChI is InChI=1S/C20H14ClN5/c21-13-3-1-2-12(8-13)9-24-20-14-4-6-22-10-15(14)18-19(26-20)16-11-23-7-5-17(16)25-18/h1-8,10-11,17H,9H2,(H,24,26). The van der Waals surface area contributed by atoms with Crippen molar-refractivity contribution in [2.45, 2.75) is 12.6 Å². The van der Waals surface area contributed by atoms with E-state index in [4.69, 9.17) is 21.6 Å². The molecule has 0 saturated carbocycles. The number of fused-ring (bicyclic) bond motifs is 4. The Morgan fingerprint density at radius 1 is 1.15 bits per heavy atom. The summed E-state index contributed by atoms with van der Waals surface area (Å²) in [5.41, 5.74) is 2.12. The lowest BCUT2D eigenvalue weighted by molar-refractivity contribution is 1.03. The molecule has 0 spiro atoms. The molecule has 6 heteroatoms. The van der Waals surface area contributed by atoms with E-state index in [1.54, 1.807) is 12.4 Å². The average Bonchev–Trinajstić information content (AvgIpc) is 3.05. The van der Waals surface area contributed by atoms with Crippen LogP contribution < -0.4 is 16.0 Å². The Hall–Kier alpha value is -3.05. The third kappa shape index (κ3) is 2.48. The van der Waals surface area contributed by atoms with Crippen molar-refractivity contribution in [2.75, 3.05) is 5.32 Å². The fraction of sp³-hybridized carbons (Fsp3) is 0.100. The minimum Gasteiger partial charge on any atom is -0.365 e. The van der Waals surface area contributed by atoms with Gasteiger partial charge in [-0.25, -0.2) is 4.98 Å². The summed E-state index contributed by atoms with van der Waals surface area (Å²) in [6.45, 7) is 0.633. The van der Waals surface area contributed by atoms with Gasteiger partial charge in [-0.3, -0.25) is 15.0 Å². The van der Waals surface area contributed by atoms with Gasteiger partial charge in [-0.2, -0.15) is 0 Å². The first-order valence-corrected chi connectivity index (χ1v) is 8.71. The average molecular weight is 360 g/mol. The van der Waals surface area contributed by atoms with Gasteiger partial charge in [-0.1, -0.05) is 23.7 Å². The Labute approximate surface area is 154 Å². The van der Waals surface area contributed by atoms with E-state index in [9.17, 15) is 0 Å². The number of nitrogens with zero attached hydrogens (tertiary/aromatic N) is 4. The second-order valence-corrected chi connectivity index (χ2v) is 6.65. The van der Waals surface area contributed by atoms with Gasteiger partial charge in [0.05, 0.1) is 16.7 Å². The molecule has 1 atom stereocenters. The molecule has 4 heterocycles. The van der Waals surface area contributed by atoms with Gasteiger partial charge in [0.1, 0.15) is 5.82 Å². The maximum atomic E-state index is 6.09. The lowest BCUT2D eigenvalue weighted by Crippen LogP contribution is -2.30. The zero-order valence-corrected chi connectivity index (χ0v) is 14.5. The summed E-state index contributed by atoms with van der Waals surface area (Å²) >= 11 is 6.09. The summed E-state index contributed by atoms with van der Waals surface area (Å²) < 4.78 is 0. The summed E-state index contributed by atoms with van der Waals surface area (Å²) in [6, 6.07) is 9.76. The molecule has 0 bridgehead atoms. The minimum absolute atomic E-state index is 0.0124. The van der Waals surface area contributed by atoms with Gasteiger partial charge < -0.3 is 5.32 Å². The SMILES string of the molecule is Clc1cccc(CNc2nc3c(c4cnccc24)=NC2C=CN=CC=32)c1. The maximum absolute atomic E-state index is 6.09. The normalized spacial score (nSPS) is 17.1. The number of rotatable bonds is 3. The molecule has 0 amide bonds. The lowest BCUT2D eigenvalue weighted by atomic mass is 10.1. The smallest absolute Gasteiger partial charge is 0.135 e. The fourth-order valence-corrected chi connectivity index (χ4v) is 3.54. The molecule has 0 radical (unpaired) electrons. The van der Waals surface area contributed by atoms with Crippen molar-refractivity contribution in [3.8, 4) is 0 Å².